The minimum absolute atomic E-state index is 0.0183. The van der Waals surface area contributed by atoms with Crippen LogP contribution in [0.5, 0.6) is 0 Å². The predicted octanol–water partition coefficient (Wildman–Crippen LogP) is 4.21. The van der Waals surface area contributed by atoms with E-state index < -0.39 is 5.97 Å². The highest BCUT2D eigenvalue weighted by Crippen LogP contribution is 2.33. The number of carboxylic acid groups (broad SMARTS) is 1. The zero-order valence-corrected chi connectivity index (χ0v) is 16.6. The van der Waals surface area contributed by atoms with Gasteiger partial charge in [0.25, 0.3) is 5.91 Å². The minimum atomic E-state index is -0.876. The van der Waals surface area contributed by atoms with Crippen LogP contribution in [0.4, 0.5) is 0 Å². The second kappa shape index (κ2) is 9.00. The Bertz CT molecular complexity index is 967. The topological polar surface area (TPSA) is 57.6 Å². The molecule has 1 saturated heterocycles. The molecule has 0 unspecified atom stereocenters. The van der Waals surface area contributed by atoms with Crippen LogP contribution in [0.15, 0.2) is 46.7 Å². The number of amides is 1. The van der Waals surface area contributed by atoms with Crippen molar-refractivity contribution in [3.8, 4) is 11.8 Å². The molecule has 3 rings (SSSR count). The zero-order chi connectivity index (χ0) is 19.2. The van der Waals surface area contributed by atoms with Crippen LogP contribution in [0, 0.1) is 11.8 Å². The third-order valence-corrected chi connectivity index (χ3v) is 5.92. The highest BCUT2D eigenvalue weighted by Gasteiger charge is 2.31. The number of carbonyl (C=O) groups excluding carboxylic acids is 1. The molecule has 1 fully saturated rings. The van der Waals surface area contributed by atoms with Crippen molar-refractivity contribution in [2.45, 2.75) is 12.8 Å². The third-order valence-electron chi connectivity index (χ3n) is 3.66. The fourth-order valence-electron chi connectivity index (χ4n) is 2.37. The largest absolute Gasteiger partial charge is 0.481 e. The van der Waals surface area contributed by atoms with E-state index in [2.05, 4.69) is 11.8 Å². The molecule has 1 aliphatic rings. The number of thioether (sulfide) groups is 1. The first-order chi connectivity index (χ1) is 13.0. The molecule has 1 N–H and O–H groups in total. The Morgan fingerprint density at radius 2 is 1.96 bits per heavy atom. The summed E-state index contributed by atoms with van der Waals surface area (Å²) in [6.07, 6.45) is 2.21. The van der Waals surface area contributed by atoms with Gasteiger partial charge in [0, 0.05) is 34.3 Å². The van der Waals surface area contributed by atoms with E-state index in [0.29, 0.717) is 22.2 Å². The molecule has 2 aromatic rings. The molecule has 1 aliphatic heterocycles. The predicted molar refractivity (Wildman–Crippen MR) is 113 cm³/mol. The molecule has 136 valence electrons. The standard InChI is InChI=1S/C20H15NO3S3/c22-18(23)7-4-10-21-19(24)17(27-20(21)25)12-16-11-15(13-26-16)9-8-14-5-2-1-3-6-14/h1-3,5-6,11-13H,4,7,10H2,(H,22,23)/b17-12+. The van der Waals surface area contributed by atoms with Crippen molar-refractivity contribution in [2.75, 3.05) is 6.54 Å². The van der Waals surface area contributed by atoms with E-state index in [1.165, 1.54) is 28.0 Å². The van der Waals surface area contributed by atoms with Crippen LogP contribution >= 0.6 is 35.3 Å². The van der Waals surface area contributed by atoms with Gasteiger partial charge in [-0.1, -0.05) is 54.0 Å². The van der Waals surface area contributed by atoms with Crippen LogP contribution in [0.1, 0.15) is 28.8 Å². The van der Waals surface area contributed by atoms with Crippen LogP contribution < -0.4 is 0 Å². The monoisotopic (exact) mass is 413 g/mol. The molecule has 0 aliphatic carbocycles. The van der Waals surface area contributed by atoms with Gasteiger partial charge in [-0.3, -0.25) is 14.5 Å². The summed E-state index contributed by atoms with van der Waals surface area (Å²) in [5.41, 5.74) is 1.85. The second-order valence-electron chi connectivity index (χ2n) is 5.68. The van der Waals surface area contributed by atoms with Crippen LogP contribution in [0.25, 0.3) is 6.08 Å². The number of thiocarbonyl (C=S) groups is 1. The van der Waals surface area contributed by atoms with Crippen molar-refractivity contribution in [3.05, 3.63) is 62.7 Å². The number of benzene rings is 1. The number of nitrogens with zero attached hydrogens (tertiary/aromatic N) is 1. The van der Waals surface area contributed by atoms with Gasteiger partial charge < -0.3 is 5.11 Å². The molecule has 27 heavy (non-hydrogen) atoms. The number of aliphatic carboxylic acids is 1. The quantitative estimate of drug-likeness (QED) is 0.452. The van der Waals surface area contributed by atoms with E-state index in [4.69, 9.17) is 17.3 Å². The summed E-state index contributed by atoms with van der Waals surface area (Å²) < 4.78 is 0.470. The van der Waals surface area contributed by atoms with Gasteiger partial charge in [-0.2, -0.15) is 0 Å². The van der Waals surface area contributed by atoms with Crippen LogP contribution in [0.3, 0.4) is 0 Å². The fraction of sp³-hybridized carbons (Fsp3) is 0.150. The maximum atomic E-state index is 12.5. The highest BCUT2D eigenvalue weighted by atomic mass is 32.2. The summed E-state index contributed by atoms with van der Waals surface area (Å²) in [4.78, 5) is 26.1. The van der Waals surface area contributed by atoms with E-state index in [0.717, 1.165) is 16.0 Å². The molecular weight excluding hydrogens is 398 g/mol. The van der Waals surface area contributed by atoms with Crippen molar-refractivity contribution in [2.24, 2.45) is 0 Å². The summed E-state index contributed by atoms with van der Waals surface area (Å²) >= 11 is 8.01. The average molecular weight is 414 g/mol. The Morgan fingerprint density at radius 1 is 1.22 bits per heavy atom. The van der Waals surface area contributed by atoms with E-state index in [1.807, 2.05) is 47.9 Å². The summed E-state index contributed by atoms with van der Waals surface area (Å²) in [7, 11) is 0. The number of hydrogen-bond donors (Lipinski definition) is 1. The molecule has 0 saturated carbocycles. The SMILES string of the molecule is O=C(O)CCCN1C(=O)/C(=C\c2cc(C#Cc3ccccc3)cs2)SC1=S. The zero-order valence-electron chi connectivity index (χ0n) is 14.2. The number of rotatable bonds is 5. The molecule has 1 amide bonds. The van der Waals surface area contributed by atoms with Gasteiger partial charge in [0.05, 0.1) is 4.91 Å². The lowest BCUT2D eigenvalue weighted by Gasteiger charge is -2.13. The summed E-state index contributed by atoms with van der Waals surface area (Å²) in [5.74, 6) is 5.19. The summed E-state index contributed by atoms with van der Waals surface area (Å²) in [5, 5.41) is 10.7. The van der Waals surface area contributed by atoms with E-state index >= 15 is 0 Å². The lowest BCUT2D eigenvalue weighted by molar-refractivity contribution is -0.137. The van der Waals surface area contributed by atoms with Crippen molar-refractivity contribution in [1.29, 1.82) is 0 Å². The number of carboxylic acids is 1. The van der Waals surface area contributed by atoms with Gasteiger partial charge in [0.15, 0.2) is 0 Å². The minimum Gasteiger partial charge on any atom is -0.481 e. The van der Waals surface area contributed by atoms with Crippen LogP contribution in [-0.2, 0) is 9.59 Å². The molecule has 0 bridgehead atoms. The molecule has 1 aromatic heterocycles. The first kappa shape index (κ1) is 19.4. The van der Waals surface area contributed by atoms with Gasteiger partial charge in [-0.15, -0.1) is 11.3 Å². The van der Waals surface area contributed by atoms with Gasteiger partial charge >= 0.3 is 5.97 Å². The summed E-state index contributed by atoms with van der Waals surface area (Å²) in [6.45, 7) is 0.326. The molecule has 7 heteroatoms. The van der Waals surface area contributed by atoms with Crippen LogP contribution in [-0.4, -0.2) is 32.7 Å². The molecule has 0 spiro atoms. The Labute approximate surface area is 170 Å². The third kappa shape index (κ3) is 5.30. The first-order valence-corrected chi connectivity index (χ1v) is 10.3. The normalized spacial score (nSPS) is 15.1. The van der Waals surface area contributed by atoms with Gasteiger partial charge in [0.1, 0.15) is 4.32 Å². The molecule has 1 aromatic carbocycles. The molecular formula is C20H15NO3S3. The van der Waals surface area contributed by atoms with E-state index in [1.54, 1.807) is 0 Å². The Hall–Kier alpha value is -2.40. The Morgan fingerprint density at radius 3 is 2.70 bits per heavy atom. The van der Waals surface area contributed by atoms with Crippen molar-refractivity contribution >= 4 is 57.6 Å². The van der Waals surface area contributed by atoms with Gasteiger partial charge in [-0.05, 0) is 30.7 Å². The van der Waals surface area contributed by atoms with Gasteiger partial charge in [-0.25, -0.2) is 0 Å². The Balaban J connectivity index is 1.68. The van der Waals surface area contributed by atoms with E-state index in [-0.39, 0.29) is 12.3 Å². The summed E-state index contributed by atoms with van der Waals surface area (Å²) in [6, 6.07) is 11.7. The smallest absolute Gasteiger partial charge is 0.303 e. The molecule has 0 radical (unpaired) electrons. The lowest BCUT2D eigenvalue weighted by atomic mass is 10.2. The number of carbonyl (C=O) groups is 2. The maximum Gasteiger partial charge on any atom is 0.303 e. The second-order valence-corrected chi connectivity index (χ2v) is 8.30. The first-order valence-electron chi connectivity index (χ1n) is 8.16. The van der Waals surface area contributed by atoms with E-state index in [9.17, 15) is 9.59 Å². The molecule has 2 heterocycles. The number of thiophene rings is 1. The maximum absolute atomic E-state index is 12.5. The average Bonchev–Trinajstić information content (AvgIpc) is 3.20. The van der Waals surface area contributed by atoms with Gasteiger partial charge in [0.2, 0.25) is 0 Å². The Kier molecular flexibility index (Phi) is 6.45. The van der Waals surface area contributed by atoms with Crippen molar-refractivity contribution in [3.63, 3.8) is 0 Å². The number of hydrogen-bond acceptors (Lipinski definition) is 5. The van der Waals surface area contributed by atoms with Crippen molar-refractivity contribution < 1.29 is 14.7 Å². The fourth-order valence-corrected chi connectivity index (χ4v) is 4.52. The lowest BCUT2D eigenvalue weighted by Crippen LogP contribution is -2.29. The van der Waals surface area contributed by atoms with Crippen molar-refractivity contribution in [1.82, 2.24) is 4.90 Å². The highest BCUT2D eigenvalue weighted by molar-refractivity contribution is 8.26. The molecule has 0 atom stereocenters. The molecule has 4 nitrogen and oxygen atoms in total. The van der Waals surface area contributed by atoms with Crippen LogP contribution in [0.2, 0.25) is 0 Å².